The number of para-hydroxylation sites is 1. The zero-order chi connectivity index (χ0) is 20.5. The molecular formula is C23H21N3O3. The van der Waals surface area contributed by atoms with Gasteiger partial charge < -0.3 is 9.73 Å². The fourth-order valence-corrected chi connectivity index (χ4v) is 3.23. The molecule has 0 aliphatic rings. The molecule has 29 heavy (non-hydrogen) atoms. The molecular weight excluding hydrogens is 366 g/mol. The molecule has 146 valence electrons. The summed E-state index contributed by atoms with van der Waals surface area (Å²) in [6.07, 6.45) is 0. The first-order valence-corrected chi connectivity index (χ1v) is 9.44. The van der Waals surface area contributed by atoms with E-state index in [-0.39, 0.29) is 28.4 Å². The molecule has 1 amide bonds. The first-order valence-electron chi connectivity index (χ1n) is 9.44. The van der Waals surface area contributed by atoms with Crippen LogP contribution in [-0.2, 0) is 0 Å². The van der Waals surface area contributed by atoms with Crippen molar-refractivity contribution >= 4 is 22.7 Å². The van der Waals surface area contributed by atoms with Crippen LogP contribution in [0.4, 0.5) is 5.82 Å². The van der Waals surface area contributed by atoms with E-state index in [0.29, 0.717) is 22.5 Å². The van der Waals surface area contributed by atoms with Crippen LogP contribution < -0.4 is 10.7 Å². The van der Waals surface area contributed by atoms with Crippen LogP contribution in [0.1, 0.15) is 41.4 Å². The van der Waals surface area contributed by atoms with E-state index in [1.807, 2.05) is 44.2 Å². The number of amides is 1. The first-order chi connectivity index (χ1) is 14.0. The third kappa shape index (κ3) is 3.45. The van der Waals surface area contributed by atoms with Crippen LogP contribution in [0.5, 0.6) is 0 Å². The van der Waals surface area contributed by atoms with Crippen molar-refractivity contribution < 1.29 is 9.21 Å². The summed E-state index contributed by atoms with van der Waals surface area (Å²) in [4.78, 5) is 25.8. The van der Waals surface area contributed by atoms with Crippen LogP contribution in [0, 0.1) is 6.92 Å². The van der Waals surface area contributed by atoms with E-state index in [1.165, 1.54) is 0 Å². The van der Waals surface area contributed by atoms with Crippen molar-refractivity contribution in [2.45, 2.75) is 26.7 Å². The van der Waals surface area contributed by atoms with Gasteiger partial charge in [0.1, 0.15) is 5.76 Å². The van der Waals surface area contributed by atoms with Crippen LogP contribution in [0.15, 0.2) is 63.8 Å². The summed E-state index contributed by atoms with van der Waals surface area (Å²) in [6, 6.07) is 16.2. The molecule has 4 rings (SSSR count). The maximum absolute atomic E-state index is 12.9. The summed E-state index contributed by atoms with van der Waals surface area (Å²) in [6.45, 7) is 5.80. The van der Waals surface area contributed by atoms with Gasteiger partial charge in [-0.2, -0.15) is 5.10 Å². The summed E-state index contributed by atoms with van der Waals surface area (Å²) >= 11 is 0. The van der Waals surface area contributed by atoms with E-state index in [2.05, 4.69) is 15.5 Å². The first kappa shape index (κ1) is 18.7. The lowest BCUT2D eigenvalue weighted by Crippen LogP contribution is -2.15. The van der Waals surface area contributed by atoms with Gasteiger partial charge in [-0.15, -0.1) is 0 Å². The highest BCUT2D eigenvalue weighted by molar-refractivity contribution is 6.11. The molecule has 4 aromatic rings. The predicted molar refractivity (Wildman–Crippen MR) is 113 cm³/mol. The largest absolute Gasteiger partial charge is 0.455 e. The Balaban J connectivity index is 1.81. The number of carbonyl (C=O) groups excluding carboxylic acids is 1. The normalized spacial score (nSPS) is 11.2. The van der Waals surface area contributed by atoms with E-state index in [4.69, 9.17) is 4.42 Å². The molecule has 2 N–H and O–H groups in total. The second kappa shape index (κ2) is 7.39. The van der Waals surface area contributed by atoms with Crippen molar-refractivity contribution in [2.24, 2.45) is 0 Å². The zero-order valence-corrected chi connectivity index (χ0v) is 16.4. The number of hydrogen-bond donors (Lipinski definition) is 2. The quantitative estimate of drug-likeness (QED) is 0.523. The Hall–Kier alpha value is -3.67. The SMILES string of the molecule is Cc1c(-c2ccccc2)oc2c(C(=O)Nc3cc(C(C)C)[nH]n3)cccc2c1=O. The van der Waals surface area contributed by atoms with Crippen molar-refractivity contribution in [1.82, 2.24) is 10.2 Å². The number of rotatable bonds is 4. The van der Waals surface area contributed by atoms with E-state index >= 15 is 0 Å². The molecule has 0 bridgehead atoms. The molecule has 0 saturated carbocycles. The van der Waals surface area contributed by atoms with Crippen molar-refractivity contribution in [3.8, 4) is 11.3 Å². The van der Waals surface area contributed by atoms with Gasteiger partial charge in [0.15, 0.2) is 16.8 Å². The lowest BCUT2D eigenvalue weighted by Gasteiger charge is -2.10. The second-order valence-corrected chi connectivity index (χ2v) is 7.25. The molecule has 2 heterocycles. The van der Waals surface area contributed by atoms with Gasteiger partial charge in [-0.3, -0.25) is 14.7 Å². The average Bonchev–Trinajstić information content (AvgIpc) is 3.19. The van der Waals surface area contributed by atoms with Gasteiger partial charge in [-0.25, -0.2) is 0 Å². The Kier molecular flexibility index (Phi) is 4.76. The maximum atomic E-state index is 12.9. The topological polar surface area (TPSA) is 88.0 Å². The maximum Gasteiger partial charge on any atom is 0.260 e. The van der Waals surface area contributed by atoms with Crippen LogP contribution in [0.2, 0.25) is 0 Å². The molecule has 0 aliphatic carbocycles. The third-order valence-electron chi connectivity index (χ3n) is 4.89. The Labute approximate surface area is 167 Å². The van der Waals surface area contributed by atoms with E-state index in [9.17, 15) is 9.59 Å². The highest BCUT2D eigenvalue weighted by Gasteiger charge is 2.19. The second-order valence-electron chi connectivity index (χ2n) is 7.25. The summed E-state index contributed by atoms with van der Waals surface area (Å²) in [5.74, 6) is 0.766. The van der Waals surface area contributed by atoms with E-state index < -0.39 is 0 Å². The molecule has 0 spiro atoms. The number of carbonyl (C=O) groups is 1. The molecule has 0 aliphatic heterocycles. The Morgan fingerprint density at radius 2 is 1.86 bits per heavy atom. The highest BCUT2D eigenvalue weighted by Crippen LogP contribution is 2.27. The number of aromatic nitrogens is 2. The Bertz CT molecular complexity index is 1250. The van der Waals surface area contributed by atoms with Gasteiger partial charge in [-0.1, -0.05) is 50.2 Å². The number of anilines is 1. The molecule has 0 radical (unpaired) electrons. The van der Waals surface area contributed by atoms with Crippen molar-refractivity contribution in [1.29, 1.82) is 0 Å². The highest BCUT2D eigenvalue weighted by atomic mass is 16.3. The summed E-state index contributed by atoms with van der Waals surface area (Å²) < 4.78 is 6.10. The van der Waals surface area contributed by atoms with E-state index in [1.54, 1.807) is 31.2 Å². The van der Waals surface area contributed by atoms with Crippen LogP contribution >= 0.6 is 0 Å². The number of nitrogens with zero attached hydrogens (tertiary/aromatic N) is 1. The van der Waals surface area contributed by atoms with Crippen molar-refractivity contribution in [2.75, 3.05) is 5.32 Å². The summed E-state index contributed by atoms with van der Waals surface area (Å²) in [7, 11) is 0. The van der Waals surface area contributed by atoms with Crippen LogP contribution in [-0.4, -0.2) is 16.1 Å². The lowest BCUT2D eigenvalue weighted by atomic mass is 10.0. The van der Waals surface area contributed by atoms with Gasteiger partial charge in [0.2, 0.25) is 0 Å². The van der Waals surface area contributed by atoms with Crippen molar-refractivity contribution in [3.05, 3.63) is 81.6 Å². The van der Waals surface area contributed by atoms with Crippen LogP contribution in [0.25, 0.3) is 22.3 Å². The van der Waals surface area contributed by atoms with Gasteiger partial charge in [0, 0.05) is 22.9 Å². The minimum atomic E-state index is -0.386. The molecule has 0 saturated heterocycles. The molecule has 0 atom stereocenters. The molecule has 2 aromatic carbocycles. The Morgan fingerprint density at radius 3 is 2.55 bits per heavy atom. The minimum Gasteiger partial charge on any atom is -0.455 e. The van der Waals surface area contributed by atoms with E-state index in [0.717, 1.165) is 11.3 Å². The van der Waals surface area contributed by atoms with Gasteiger partial charge >= 0.3 is 0 Å². The number of fused-ring (bicyclic) bond motifs is 1. The summed E-state index contributed by atoms with van der Waals surface area (Å²) in [5, 5.41) is 10.2. The van der Waals surface area contributed by atoms with Gasteiger partial charge in [0.05, 0.1) is 10.9 Å². The lowest BCUT2D eigenvalue weighted by molar-refractivity contribution is 0.102. The minimum absolute atomic E-state index is 0.151. The molecule has 6 heteroatoms. The zero-order valence-electron chi connectivity index (χ0n) is 16.4. The fourth-order valence-electron chi connectivity index (χ4n) is 3.23. The molecule has 2 aromatic heterocycles. The predicted octanol–water partition coefficient (Wildman–Crippen LogP) is 4.87. The van der Waals surface area contributed by atoms with Gasteiger partial charge in [0.25, 0.3) is 5.91 Å². The summed E-state index contributed by atoms with van der Waals surface area (Å²) in [5.41, 5.74) is 2.61. The monoisotopic (exact) mass is 387 g/mol. The smallest absolute Gasteiger partial charge is 0.260 e. The molecule has 6 nitrogen and oxygen atoms in total. The fraction of sp³-hybridized carbons (Fsp3) is 0.174. The third-order valence-corrected chi connectivity index (χ3v) is 4.89. The molecule has 0 unspecified atom stereocenters. The number of benzene rings is 2. The number of aromatic amines is 1. The number of nitrogens with one attached hydrogen (secondary N) is 2. The Morgan fingerprint density at radius 1 is 1.10 bits per heavy atom. The average molecular weight is 387 g/mol. The number of hydrogen-bond acceptors (Lipinski definition) is 4. The number of H-pyrrole nitrogens is 1. The van der Waals surface area contributed by atoms with Crippen molar-refractivity contribution in [3.63, 3.8) is 0 Å². The van der Waals surface area contributed by atoms with Crippen LogP contribution in [0.3, 0.4) is 0 Å². The van der Waals surface area contributed by atoms with Gasteiger partial charge in [-0.05, 0) is 25.0 Å². The molecule has 0 fully saturated rings. The standard InChI is InChI=1S/C23H21N3O3/c1-13(2)18-12-19(26-25-18)24-23(28)17-11-7-10-16-20(27)14(3)21(29-22(16)17)15-8-5-4-6-9-15/h4-13H,1-3H3,(H2,24,25,26,28).